The SMILES string of the molecule is COc1ccc(CNC(=O)[C@@H]2Cc3cc([N+](=O)[O-])ccc3N3CC4CC(Cn5c4cccc5=O)[C@@H]23)cc1. The second-order valence-corrected chi connectivity index (χ2v) is 10.2. The number of carbonyl (C=O) groups excluding carboxylic acids is 1. The molecule has 2 aromatic carbocycles. The van der Waals surface area contributed by atoms with Crippen molar-refractivity contribution in [3.63, 3.8) is 0 Å². The number of hydrogen-bond donors (Lipinski definition) is 1. The summed E-state index contributed by atoms with van der Waals surface area (Å²) in [7, 11) is 1.61. The lowest BCUT2D eigenvalue weighted by atomic mass is 9.70. The lowest BCUT2D eigenvalue weighted by molar-refractivity contribution is -0.384. The Hall–Kier alpha value is -4.14. The van der Waals surface area contributed by atoms with Gasteiger partial charge in [-0.05, 0) is 54.2 Å². The minimum absolute atomic E-state index is 0.00649. The first-order valence-corrected chi connectivity index (χ1v) is 12.6. The van der Waals surface area contributed by atoms with Gasteiger partial charge in [0.1, 0.15) is 5.75 Å². The van der Waals surface area contributed by atoms with E-state index in [0.717, 1.165) is 34.7 Å². The molecule has 3 aliphatic heterocycles. The van der Waals surface area contributed by atoms with Crippen LogP contribution in [0.3, 0.4) is 0 Å². The van der Waals surface area contributed by atoms with Gasteiger partial charge in [-0.15, -0.1) is 0 Å². The zero-order valence-electron chi connectivity index (χ0n) is 20.5. The number of amides is 1. The van der Waals surface area contributed by atoms with Gasteiger partial charge in [0, 0.05) is 61.2 Å². The Morgan fingerprint density at radius 1 is 1.14 bits per heavy atom. The van der Waals surface area contributed by atoms with Crippen molar-refractivity contribution >= 4 is 17.3 Å². The fourth-order valence-electron chi connectivity index (χ4n) is 6.52. The Kier molecular flexibility index (Phi) is 5.70. The van der Waals surface area contributed by atoms with Crippen molar-refractivity contribution < 1.29 is 14.5 Å². The number of methoxy groups -OCH3 is 1. The fraction of sp³-hybridized carbons (Fsp3) is 0.357. The lowest BCUT2D eigenvalue weighted by Crippen LogP contribution is -2.61. The molecule has 4 heterocycles. The second kappa shape index (κ2) is 9.06. The Labute approximate surface area is 213 Å². The quantitative estimate of drug-likeness (QED) is 0.426. The molecule has 2 unspecified atom stereocenters. The van der Waals surface area contributed by atoms with Gasteiger partial charge in [0.15, 0.2) is 0 Å². The second-order valence-electron chi connectivity index (χ2n) is 10.2. The number of pyridine rings is 1. The third-order valence-electron chi connectivity index (χ3n) is 8.16. The number of fused-ring (bicyclic) bond motifs is 8. The van der Waals surface area contributed by atoms with Crippen molar-refractivity contribution in [3.8, 4) is 5.75 Å². The molecular weight excluding hydrogens is 472 g/mol. The van der Waals surface area contributed by atoms with Crippen LogP contribution in [0, 0.1) is 22.0 Å². The number of hydrogen-bond acceptors (Lipinski definition) is 6. The van der Waals surface area contributed by atoms with E-state index in [1.54, 1.807) is 25.3 Å². The minimum atomic E-state index is -0.390. The van der Waals surface area contributed by atoms with Gasteiger partial charge in [-0.1, -0.05) is 18.2 Å². The molecule has 1 aromatic heterocycles. The number of nitro groups is 1. The van der Waals surface area contributed by atoms with Crippen LogP contribution >= 0.6 is 0 Å². The minimum Gasteiger partial charge on any atom is -0.497 e. The number of ether oxygens (including phenoxy) is 1. The van der Waals surface area contributed by atoms with Crippen molar-refractivity contribution in [1.82, 2.24) is 9.88 Å². The predicted octanol–water partition coefficient (Wildman–Crippen LogP) is 3.25. The highest BCUT2D eigenvalue weighted by atomic mass is 16.6. The molecule has 0 aliphatic carbocycles. The van der Waals surface area contributed by atoms with E-state index in [1.807, 2.05) is 47.0 Å². The molecule has 1 amide bonds. The summed E-state index contributed by atoms with van der Waals surface area (Å²) in [6.07, 6.45) is 1.33. The van der Waals surface area contributed by atoms with Gasteiger partial charge in [-0.2, -0.15) is 0 Å². The maximum Gasteiger partial charge on any atom is 0.269 e. The predicted molar refractivity (Wildman–Crippen MR) is 138 cm³/mol. The summed E-state index contributed by atoms with van der Waals surface area (Å²) in [6, 6.07) is 17.9. The third-order valence-corrected chi connectivity index (χ3v) is 8.16. The highest BCUT2D eigenvalue weighted by Crippen LogP contribution is 2.47. The topological polar surface area (TPSA) is 107 Å². The normalized spacial score (nSPS) is 23.3. The van der Waals surface area contributed by atoms with Crippen LogP contribution in [0.4, 0.5) is 11.4 Å². The van der Waals surface area contributed by atoms with Gasteiger partial charge < -0.3 is 19.5 Å². The van der Waals surface area contributed by atoms with E-state index in [-0.39, 0.29) is 40.9 Å². The number of nitrogens with zero attached hydrogens (tertiary/aromatic N) is 3. The summed E-state index contributed by atoms with van der Waals surface area (Å²) in [5, 5.41) is 14.6. The number of aromatic nitrogens is 1. The first-order chi connectivity index (χ1) is 17.9. The van der Waals surface area contributed by atoms with Crippen molar-refractivity contribution in [3.05, 3.63) is 98.0 Å². The molecule has 9 nitrogen and oxygen atoms in total. The number of nitrogens with one attached hydrogen (secondary N) is 1. The van der Waals surface area contributed by atoms with E-state index >= 15 is 0 Å². The molecule has 190 valence electrons. The molecule has 3 aliphatic rings. The molecular formula is C28H28N4O5. The Bertz CT molecular complexity index is 1430. The van der Waals surface area contributed by atoms with Gasteiger partial charge in [0.2, 0.25) is 5.91 Å². The van der Waals surface area contributed by atoms with E-state index in [4.69, 9.17) is 4.74 Å². The maximum absolute atomic E-state index is 13.7. The van der Waals surface area contributed by atoms with E-state index in [2.05, 4.69) is 10.2 Å². The highest BCUT2D eigenvalue weighted by molar-refractivity contribution is 5.82. The summed E-state index contributed by atoms with van der Waals surface area (Å²) in [4.78, 5) is 39.7. The first-order valence-electron chi connectivity index (χ1n) is 12.6. The fourth-order valence-corrected chi connectivity index (χ4v) is 6.52. The average Bonchev–Trinajstić information content (AvgIpc) is 2.91. The van der Waals surface area contributed by atoms with Crippen molar-refractivity contribution in [2.24, 2.45) is 11.8 Å². The number of non-ortho nitro benzene ring substituents is 1. The van der Waals surface area contributed by atoms with Crippen molar-refractivity contribution in [1.29, 1.82) is 0 Å². The largest absolute Gasteiger partial charge is 0.497 e. The van der Waals surface area contributed by atoms with Crippen LogP contribution in [-0.4, -0.2) is 35.1 Å². The third kappa shape index (κ3) is 4.04. The molecule has 0 spiro atoms. The van der Waals surface area contributed by atoms with E-state index in [1.165, 1.54) is 0 Å². The summed E-state index contributed by atoms with van der Waals surface area (Å²) in [6.45, 7) is 1.61. The zero-order chi connectivity index (χ0) is 25.7. The highest BCUT2D eigenvalue weighted by Gasteiger charge is 2.49. The van der Waals surface area contributed by atoms with Crippen LogP contribution in [0.1, 0.15) is 29.2 Å². The zero-order valence-corrected chi connectivity index (χ0v) is 20.5. The number of rotatable bonds is 5. The average molecular weight is 501 g/mol. The summed E-state index contributed by atoms with van der Waals surface area (Å²) in [5.74, 6) is 0.563. The van der Waals surface area contributed by atoms with Gasteiger partial charge in [-0.3, -0.25) is 19.7 Å². The molecule has 0 radical (unpaired) electrons. The molecule has 0 saturated carbocycles. The summed E-state index contributed by atoms with van der Waals surface area (Å²) >= 11 is 0. The molecule has 1 saturated heterocycles. The van der Waals surface area contributed by atoms with E-state index in [0.29, 0.717) is 26.1 Å². The molecule has 1 fully saturated rings. The van der Waals surface area contributed by atoms with Crippen LogP contribution in [0.15, 0.2) is 65.5 Å². The number of anilines is 1. The molecule has 9 heteroatoms. The summed E-state index contributed by atoms with van der Waals surface area (Å²) in [5.41, 5.74) is 3.78. The Balaban J connectivity index is 1.34. The van der Waals surface area contributed by atoms with E-state index < -0.39 is 4.92 Å². The van der Waals surface area contributed by atoms with E-state index in [9.17, 15) is 19.7 Å². The molecule has 2 bridgehead atoms. The molecule has 3 aromatic rings. The smallest absolute Gasteiger partial charge is 0.269 e. The number of piperidine rings is 1. The van der Waals surface area contributed by atoms with Gasteiger partial charge in [0.05, 0.1) is 18.0 Å². The van der Waals surface area contributed by atoms with Gasteiger partial charge >= 0.3 is 0 Å². The van der Waals surface area contributed by atoms with Crippen LogP contribution < -0.4 is 20.5 Å². The molecule has 6 rings (SSSR count). The van der Waals surface area contributed by atoms with Crippen molar-refractivity contribution in [2.45, 2.75) is 37.9 Å². The standard InChI is InChI=1S/C28H28N4O5/c1-37-22-8-5-17(6-9-22)14-29-28(34)23-13-18-12-21(32(35)36)7-10-25(18)31-15-19-11-20(27(23)31)16-30-24(19)3-2-4-26(30)33/h2-10,12,19-20,23,27H,11,13-16H2,1H3,(H,29,34)/t19?,20?,23-,27+/m1/s1. The molecule has 1 N–H and O–H groups in total. The number of benzene rings is 2. The summed E-state index contributed by atoms with van der Waals surface area (Å²) < 4.78 is 7.08. The number of nitro benzene ring substituents is 1. The van der Waals surface area contributed by atoms with Gasteiger partial charge in [0.25, 0.3) is 11.2 Å². The van der Waals surface area contributed by atoms with Gasteiger partial charge in [-0.25, -0.2) is 0 Å². The van der Waals surface area contributed by atoms with Crippen molar-refractivity contribution in [2.75, 3.05) is 18.6 Å². The molecule has 4 atom stereocenters. The monoisotopic (exact) mass is 500 g/mol. The lowest BCUT2D eigenvalue weighted by Gasteiger charge is -2.54. The Morgan fingerprint density at radius 3 is 2.70 bits per heavy atom. The van der Waals surface area contributed by atoms with Crippen LogP contribution in [0.5, 0.6) is 5.75 Å². The maximum atomic E-state index is 13.7. The first kappa shape index (κ1) is 23.3. The molecule has 37 heavy (non-hydrogen) atoms. The Morgan fingerprint density at radius 2 is 1.95 bits per heavy atom. The number of carbonyl (C=O) groups is 1. The van der Waals surface area contributed by atoms with Crippen LogP contribution in [0.2, 0.25) is 0 Å². The van der Waals surface area contributed by atoms with Crippen LogP contribution in [-0.2, 0) is 24.3 Å². The van der Waals surface area contributed by atoms with Crippen LogP contribution in [0.25, 0.3) is 0 Å².